The molecule has 130 valence electrons. The van der Waals surface area contributed by atoms with Crippen LogP contribution in [0.15, 0.2) is 42.9 Å². The van der Waals surface area contributed by atoms with Crippen LogP contribution < -0.4 is 0 Å². The Balaban J connectivity index is 1.49. The molecule has 0 radical (unpaired) electrons. The Kier molecular flexibility index (Phi) is 3.74. The minimum absolute atomic E-state index is 0.228. The van der Waals surface area contributed by atoms with E-state index in [1.165, 1.54) is 23.9 Å². The van der Waals surface area contributed by atoms with Gasteiger partial charge in [-0.2, -0.15) is 5.26 Å². The van der Waals surface area contributed by atoms with Gasteiger partial charge in [0.2, 0.25) is 0 Å². The summed E-state index contributed by atoms with van der Waals surface area (Å²) < 4.78 is 2.32. The smallest absolute Gasteiger partial charge is 0.0960 e. The number of aromatic nitrogens is 3. The molecule has 2 aromatic heterocycles. The lowest BCUT2D eigenvalue weighted by Gasteiger charge is -2.26. The molecule has 2 aliphatic carbocycles. The summed E-state index contributed by atoms with van der Waals surface area (Å²) in [6.07, 6.45) is 10.6. The molecule has 1 aromatic carbocycles. The zero-order valence-corrected chi connectivity index (χ0v) is 14.8. The summed E-state index contributed by atoms with van der Waals surface area (Å²) in [6, 6.07) is 13.7. The van der Waals surface area contributed by atoms with Crippen LogP contribution in [-0.2, 0) is 0 Å². The molecule has 0 atom stereocenters. The molecule has 0 bridgehead atoms. The van der Waals surface area contributed by atoms with Crippen molar-refractivity contribution in [1.82, 2.24) is 14.5 Å². The SMILES string of the molecule is N#CC1CCC(n2cnc3ccc(-c4cc(C5CC5)ccn4)cc32)CC1. The number of nitriles is 1. The highest BCUT2D eigenvalue weighted by molar-refractivity contribution is 5.81. The van der Waals surface area contributed by atoms with Crippen molar-refractivity contribution in [2.24, 2.45) is 5.92 Å². The Morgan fingerprint density at radius 3 is 2.58 bits per heavy atom. The molecule has 0 N–H and O–H groups in total. The summed E-state index contributed by atoms with van der Waals surface area (Å²) in [4.78, 5) is 9.21. The van der Waals surface area contributed by atoms with Crippen LogP contribution in [0.2, 0.25) is 0 Å². The molecule has 2 saturated carbocycles. The van der Waals surface area contributed by atoms with E-state index in [-0.39, 0.29) is 5.92 Å². The first-order valence-corrected chi connectivity index (χ1v) is 9.64. The summed E-state index contributed by atoms with van der Waals surface area (Å²) in [5, 5.41) is 9.13. The average molecular weight is 342 g/mol. The third-order valence-electron chi connectivity index (χ3n) is 5.98. The third kappa shape index (κ3) is 2.78. The molecule has 26 heavy (non-hydrogen) atoms. The summed E-state index contributed by atoms with van der Waals surface area (Å²) in [7, 11) is 0. The van der Waals surface area contributed by atoms with E-state index in [1.807, 2.05) is 12.5 Å². The number of fused-ring (bicyclic) bond motifs is 1. The number of hydrogen-bond donors (Lipinski definition) is 0. The van der Waals surface area contributed by atoms with Gasteiger partial charge in [-0.05, 0) is 74.3 Å². The van der Waals surface area contributed by atoms with Crippen LogP contribution in [0.4, 0.5) is 0 Å². The van der Waals surface area contributed by atoms with Gasteiger partial charge in [-0.25, -0.2) is 4.98 Å². The van der Waals surface area contributed by atoms with Crippen molar-refractivity contribution < 1.29 is 0 Å². The van der Waals surface area contributed by atoms with Crippen LogP contribution >= 0.6 is 0 Å². The summed E-state index contributed by atoms with van der Waals surface area (Å²) >= 11 is 0. The van der Waals surface area contributed by atoms with Crippen molar-refractivity contribution in [2.45, 2.75) is 50.5 Å². The third-order valence-corrected chi connectivity index (χ3v) is 5.98. The van der Waals surface area contributed by atoms with Gasteiger partial charge in [0.15, 0.2) is 0 Å². The Labute approximate surface area is 153 Å². The van der Waals surface area contributed by atoms with E-state index in [4.69, 9.17) is 5.26 Å². The van der Waals surface area contributed by atoms with E-state index in [1.54, 1.807) is 0 Å². The molecule has 0 unspecified atom stereocenters. The van der Waals surface area contributed by atoms with Crippen LogP contribution in [-0.4, -0.2) is 14.5 Å². The molecule has 0 aliphatic heterocycles. The van der Waals surface area contributed by atoms with E-state index in [2.05, 4.69) is 50.9 Å². The molecular formula is C22H22N4. The second-order valence-corrected chi connectivity index (χ2v) is 7.74. The van der Waals surface area contributed by atoms with Gasteiger partial charge in [-0.3, -0.25) is 4.98 Å². The first-order valence-electron chi connectivity index (χ1n) is 9.64. The number of nitrogens with zero attached hydrogens (tertiary/aromatic N) is 4. The van der Waals surface area contributed by atoms with E-state index < -0.39 is 0 Å². The second kappa shape index (κ2) is 6.25. The van der Waals surface area contributed by atoms with Gasteiger partial charge in [-0.1, -0.05) is 6.07 Å². The Hall–Kier alpha value is -2.67. The average Bonchev–Trinajstić information content (AvgIpc) is 3.47. The number of rotatable bonds is 3. The molecule has 4 nitrogen and oxygen atoms in total. The highest BCUT2D eigenvalue weighted by Crippen LogP contribution is 2.41. The van der Waals surface area contributed by atoms with Crippen LogP contribution in [0.25, 0.3) is 22.3 Å². The van der Waals surface area contributed by atoms with Crippen LogP contribution in [0, 0.1) is 17.2 Å². The maximum absolute atomic E-state index is 9.13. The molecule has 4 heteroatoms. The van der Waals surface area contributed by atoms with Gasteiger partial charge in [0, 0.05) is 23.7 Å². The predicted molar refractivity (Wildman–Crippen MR) is 102 cm³/mol. The fourth-order valence-electron chi connectivity index (χ4n) is 4.23. The molecule has 5 rings (SSSR count). The second-order valence-electron chi connectivity index (χ2n) is 7.74. The van der Waals surface area contributed by atoms with E-state index in [0.717, 1.165) is 48.4 Å². The van der Waals surface area contributed by atoms with Crippen molar-refractivity contribution in [1.29, 1.82) is 5.26 Å². The van der Waals surface area contributed by atoms with Crippen molar-refractivity contribution in [2.75, 3.05) is 0 Å². The van der Waals surface area contributed by atoms with Gasteiger partial charge in [0.1, 0.15) is 0 Å². The summed E-state index contributed by atoms with van der Waals surface area (Å²) in [5.74, 6) is 0.965. The first-order chi connectivity index (χ1) is 12.8. The molecule has 0 spiro atoms. The monoisotopic (exact) mass is 342 g/mol. The quantitative estimate of drug-likeness (QED) is 0.655. The molecule has 2 aliphatic rings. The van der Waals surface area contributed by atoms with Gasteiger partial charge in [-0.15, -0.1) is 0 Å². The van der Waals surface area contributed by atoms with Crippen molar-refractivity contribution in [3.05, 3.63) is 48.4 Å². The lowest BCUT2D eigenvalue weighted by Crippen LogP contribution is -2.16. The van der Waals surface area contributed by atoms with Crippen LogP contribution in [0.1, 0.15) is 56.0 Å². The maximum atomic E-state index is 9.13. The number of imidazole rings is 1. The van der Waals surface area contributed by atoms with E-state index in [9.17, 15) is 0 Å². The molecular weight excluding hydrogens is 320 g/mol. The molecule has 2 heterocycles. The van der Waals surface area contributed by atoms with Crippen LogP contribution in [0.3, 0.4) is 0 Å². The van der Waals surface area contributed by atoms with E-state index in [0.29, 0.717) is 6.04 Å². The standard InChI is InChI=1S/C22H22N4/c23-13-15-1-6-19(7-2-15)26-14-25-20-8-5-18(12-22(20)26)21-11-17(9-10-24-21)16-3-4-16/h5,8-12,14-16,19H,1-4,6-7H2. The van der Waals surface area contributed by atoms with Gasteiger partial charge in [0.05, 0.1) is 29.1 Å². The summed E-state index contributed by atoms with van der Waals surface area (Å²) in [6.45, 7) is 0. The molecule has 0 saturated heterocycles. The molecule has 2 fully saturated rings. The Morgan fingerprint density at radius 1 is 0.962 bits per heavy atom. The van der Waals surface area contributed by atoms with Gasteiger partial charge < -0.3 is 4.57 Å². The zero-order chi connectivity index (χ0) is 17.5. The van der Waals surface area contributed by atoms with Gasteiger partial charge in [0.25, 0.3) is 0 Å². The largest absolute Gasteiger partial charge is 0.327 e. The lowest BCUT2D eigenvalue weighted by atomic mass is 9.87. The van der Waals surface area contributed by atoms with Gasteiger partial charge >= 0.3 is 0 Å². The highest BCUT2D eigenvalue weighted by atomic mass is 15.1. The minimum Gasteiger partial charge on any atom is -0.327 e. The minimum atomic E-state index is 0.228. The Bertz CT molecular complexity index is 985. The lowest BCUT2D eigenvalue weighted by molar-refractivity contribution is 0.318. The fraction of sp³-hybridized carbons (Fsp3) is 0.409. The van der Waals surface area contributed by atoms with Crippen molar-refractivity contribution >= 4 is 11.0 Å². The number of hydrogen-bond acceptors (Lipinski definition) is 3. The molecule has 0 amide bonds. The van der Waals surface area contributed by atoms with Crippen molar-refractivity contribution in [3.8, 4) is 17.3 Å². The topological polar surface area (TPSA) is 54.5 Å². The first kappa shape index (κ1) is 15.6. The number of benzene rings is 1. The predicted octanol–water partition coefficient (Wildman–Crippen LogP) is 5.23. The zero-order valence-electron chi connectivity index (χ0n) is 14.8. The van der Waals surface area contributed by atoms with E-state index >= 15 is 0 Å². The Morgan fingerprint density at radius 2 is 1.81 bits per heavy atom. The normalized spacial score (nSPS) is 23.0. The maximum Gasteiger partial charge on any atom is 0.0960 e. The number of pyridine rings is 1. The van der Waals surface area contributed by atoms with Crippen molar-refractivity contribution in [3.63, 3.8) is 0 Å². The summed E-state index contributed by atoms with van der Waals surface area (Å²) in [5.41, 5.74) is 5.85. The highest BCUT2D eigenvalue weighted by Gasteiger charge is 2.25. The molecule has 3 aromatic rings. The van der Waals surface area contributed by atoms with Crippen LogP contribution in [0.5, 0.6) is 0 Å². The fourth-order valence-corrected chi connectivity index (χ4v) is 4.23.